The number of ether oxygens (including phenoxy) is 2. The minimum Gasteiger partial charge on any atom is -0.458 e. The van der Waals surface area contributed by atoms with Crippen LogP contribution in [0.4, 0.5) is 4.79 Å². The van der Waals surface area contributed by atoms with Gasteiger partial charge in [-0.3, -0.25) is 9.59 Å². The van der Waals surface area contributed by atoms with Crippen LogP contribution in [0.15, 0.2) is 48.5 Å². The molecule has 1 aliphatic heterocycles. The monoisotopic (exact) mass is 522 g/mol. The molecular formula is C28H30N2O8. The number of nitrogens with zero attached hydrogens (tertiary/aromatic N) is 1. The van der Waals surface area contributed by atoms with Gasteiger partial charge in [-0.2, -0.15) is 0 Å². The number of carbonyl (C=O) groups excluding carboxylic acids is 5. The predicted molar refractivity (Wildman–Crippen MR) is 134 cm³/mol. The van der Waals surface area contributed by atoms with E-state index in [1.54, 1.807) is 20.8 Å². The van der Waals surface area contributed by atoms with Crippen molar-refractivity contribution in [1.82, 2.24) is 10.4 Å². The second-order valence-corrected chi connectivity index (χ2v) is 10.1. The molecule has 0 aromatic heterocycles. The fraction of sp³-hybridized carbons (Fsp3) is 0.393. The number of amides is 3. The Hall–Kier alpha value is -4.21. The average molecular weight is 523 g/mol. The van der Waals surface area contributed by atoms with Crippen LogP contribution >= 0.6 is 0 Å². The van der Waals surface area contributed by atoms with E-state index in [1.807, 2.05) is 48.5 Å². The van der Waals surface area contributed by atoms with E-state index in [1.165, 1.54) is 0 Å². The van der Waals surface area contributed by atoms with Crippen LogP contribution in [0.2, 0.25) is 0 Å². The summed E-state index contributed by atoms with van der Waals surface area (Å²) in [4.78, 5) is 66.0. The number of imide groups is 1. The number of hydroxylamine groups is 2. The summed E-state index contributed by atoms with van der Waals surface area (Å²) in [6.07, 6.45) is -1.45. The minimum absolute atomic E-state index is 0.0318. The lowest BCUT2D eigenvalue weighted by atomic mass is 9.98. The normalized spacial score (nSPS) is 15.5. The summed E-state index contributed by atoms with van der Waals surface area (Å²) in [6, 6.07) is 14.6. The summed E-state index contributed by atoms with van der Waals surface area (Å²) in [7, 11) is 0. The van der Waals surface area contributed by atoms with Gasteiger partial charge in [0.15, 0.2) is 0 Å². The van der Waals surface area contributed by atoms with E-state index in [0.717, 1.165) is 22.3 Å². The molecule has 1 atom stereocenters. The van der Waals surface area contributed by atoms with E-state index in [-0.39, 0.29) is 38.2 Å². The Morgan fingerprint density at radius 1 is 0.947 bits per heavy atom. The van der Waals surface area contributed by atoms with Crippen molar-refractivity contribution in [3.63, 3.8) is 0 Å². The van der Waals surface area contributed by atoms with E-state index >= 15 is 0 Å². The highest BCUT2D eigenvalue weighted by Gasteiger charge is 2.34. The zero-order chi connectivity index (χ0) is 27.4. The molecule has 1 aliphatic carbocycles. The smallest absolute Gasteiger partial charge is 0.407 e. The largest absolute Gasteiger partial charge is 0.458 e. The van der Waals surface area contributed by atoms with E-state index < -0.39 is 41.5 Å². The Morgan fingerprint density at radius 2 is 1.50 bits per heavy atom. The van der Waals surface area contributed by atoms with E-state index in [2.05, 4.69) is 5.32 Å². The van der Waals surface area contributed by atoms with Crippen molar-refractivity contribution in [3.05, 3.63) is 59.7 Å². The molecule has 0 spiro atoms. The van der Waals surface area contributed by atoms with Crippen molar-refractivity contribution < 1.29 is 38.3 Å². The average Bonchev–Trinajstić information content (AvgIpc) is 3.36. The molecule has 38 heavy (non-hydrogen) atoms. The molecular weight excluding hydrogens is 492 g/mol. The Kier molecular flexibility index (Phi) is 7.80. The van der Waals surface area contributed by atoms with Gasteiger partial charge in [0, 0.05) is 18.8 Å². The maximum atomic E-state index is 12.8. The Morgan fingerprint density at radius 3 is 2.05 bits per heavy atom. The molecule has 0 saturated carbocycles. The quantitative estimate of drug-likeness (QED) is 0.411. The molecule has 0 bridgehead atoms. The Balaban J connectivity index is 1.39. The molecule has 2 aromatic rings. The number of benzene rings is 2. The van der Waals surface area contributed by atoms with Crippen LogP contribution in [0.1, 0.15) is 63.5 Å². The van der Waals surface area contributed by atoms with Crippen LogP contribution in [0, 0.1) is 0 Å². The summed E-state index contributed by atoms with van der Waals surface area (Å²) >= 11 is 0. The first-order valence-corrected chi connectivity index (χ1v) is 12.4. The van der Waals surface area contributed by atoms with Crippen LogP contribution in [0.5, 0.6) is 0 Å². The maximum absolute atomic E-state index is 12.8. The standard InChI is InChI=1S/C28H30N2O8/c1-28(2,3)37-26(34)22(12-15-25(33)38-30-23(31)13-14-24(30)32)29-27(35)36-16-21-19-10-6-4-8-17(19)18-9-5-7-11-20(18)21/h4-11,21-22H,12-16H2,1-3H3,(H,29,35). The number of fused-ring (bicyclic) bond motifs is 3. The maximum Gasteiger partial charge on any atom is 0.407 e. The molecule has 200 valence electrons. The molecule has 2 aromatic carbocycles. The van der Waals surface area contributed by atoms with Gasteiger partial charge in [0.1, 0.15) is 18.2 Å². The topological polar surface area (TPSA) is 128 Å². The predicted octanol–water partition coefficient (Wildman–Crippen LogP) is 3.62. The van der Waals surface area contributed by atoms with Crippen molar-refractivity contribution in [3.8, 4) is 11.1 Å². The summed E-state index contributed by atoms with van der Waals surface area (Å²) in [5.74, 6) is -3.03. The molecule has 10 heteroatoms. The molecule has 2 aliphatic rings. The van der Waals surface area contributed by atoms with Crippen LogP contribution < -0.4 is 5.32 Å². The first-order chi connectivity index (χ1) is 18.0. The summed E-state index contributed by atoms with van der Waals surface area (Å²) in [5.41, 5.74) is 3.40. The second-order valence-electron chi connectivity index (χ2n) is 10.1. The van der Waals surface area contributed by atoms with Crippen LogP contribution in [0.25, 0.3) is 11.1 Å². The number of carbonyl (C=O) groups is 5. The number of hydrogen-bond donors (Lipinski definition) is 1. The van der Waals surface area contributed by atoms with Crippen molar-refractivity contribution in [1.29, 1.82) is 0 Å². The number of esters is 1. The SMILES string of the molecule is CC(C)(C)OC(=O)C(CCC(=O)ON1C(=O)CCC1=O)NC(=O)OCC1c2ccccc2-c2ccccc21. The van der Waals surface area contributed by atoms with Crippen LogP contribution in [-0.4, -0.2) is 53.2 Å². The third kappa shape index (κ3) is 6.19. The Labute approximate surface area is 220 Å². The highest BCUT2D eigenvalue weighted by molar-refractivity contribution is 6.01. The van der Waals surface area contributed by atoms with E-state index in [0.29, 0.717) is 5.06 Å². The summed E-state index contributed by atoms with van der Waals surface area (Å²) < 4.78 is 10.9. The molecule has 1 heterocycles. The highest BCUT2D eigenvalue weighted by Crippen LogP contribution is 2.44. The highest BCUT2D eigenvalue weighted by atomic mass is 16.7. The zero-order valence-electron chi connectivity index (χ0n) is 21.5. The van der Waals surface area contributed by atoms with E-state index in [9.17, 15) is 24.0 Å². The number of rotatable bonds is 8. The third-order valence-corrected chi connectivity index (χ3v) is 6.16. The fourth-order valence-electron chi connectivity index (χ4n) is 4.47. The lowest BCUT2D eigenvalue weighted by Gasteiger charge is -2.24. The van der Waals surface area contributed by atoms with Crippen molar-refractivity contribution in [2.45, 2.75) is 64.0 Å². The van der Waals surface area contributed by atoms with Gasteiger partial charge in [-0.1, -0.05) is 48.5 Å². The van der Waals surface area contributed by atoms with Gasteiger partial charge in [-0.05, 0) is 49.4 Å². The number of nitrogens with one attached hydrogen (secondary N) is 1. The molecule has 1 N–H and O–H groups in total. The third-order valence-electron chi connectivity index (χ3n) is 6.16. The molecule has 10 nitrogen and oxygen atoms in total. The molecule has 1 saturated heterocycles. The van der Waals surface area contributed by atoms with Crippen molar-refractivity contribution >= 4 is 29.8 Å². The van der Waals surface area contributed by atoms with E-state index in [4.69, 9.17) is 14.3 Å². The van der Waals surface area contributed by atoms with Gasteiger partial charge in [0.25, 0.3) is 11.8 Å². The first kappa shape index (κ1) is 26.8. The van der Waals surface area contributed by atoms with Crippen LogP contribution in [-0.2, 0) is 33.5 Å². The molecule has 1 fully saturated rings. The van der Waals surface area contributed by atoms with Crippen LogP contribution in [0.3, 0.4) is 0 Å². The Bertz CT molecular complexity index is 1200. The fourth-order valence-corrected chi connectivity index (χ4v) is 4.47. The van der Waals surface area contributed by atoms with Gasteiger partial charge in [0.05, 0.1) is 6.42 Å². The minimum atomic E-state index is -1.22. The first-order valence-electron chi connectivity index (χ1n) is 12.4. The van der Waals surface area contributed by atoms with Crippen molar-refractivity contribution in [2.24, 2.45) is 0 Å². The second kappa shape index (κ2) is 11.0. The van der Waals surface area contributed by atoms with Gasteiger partial charge in [-0.25, -0.2) is 14.4 Å². The molecule has 4 rings (SSSR count). The molecule has 1 unspecified atom stereocenters. The number of alkyl carbamates (subject to hydrolysis) is 1. The lowest BCUT2D eigenvalue weighted by molar-refractivity contribution is -0.197. The zero-order valence-corrected chi connectivity index (χ0v) is 21.5. The van der Waals surface area contributed by atoms with Gasteiger partial charge >= 0.3 is 18.0 Å². The summed E-state index contributed by atoms with van der Waals surface area (Å²) in [6.45, 7) is 5.07. The molecule has 0 radical (unpaired) electrons. The summed E-state index contributed by atoms with van der Waals surface area (Å²) in [5, 5.41) is 2.92. The number of hydrogen-bond acceptors (Lipinski definition) is 8. The van der Waals surface area contributed by atoms with Gasteiger partial charge in [-0.15, -0.1) is 5.06 Å². The van der Waals surface area contributed by atoms with Gasteiger partial charge < -0.3 is 19.6 Å². The molecule has 3 amide bonds. The lowest BCUT2D eigenvalue weighted by Crippen LogP contribution is -2.45. The van der Waals surface area contributed by atoms with Gasteiger partial charge in [0.2, 0.25) is 0 Å². The van der Waals surface area contributed by atoms with Crippen molar-refractivity contribution in [2.75, 3.05) is 6.61 Å².